The van der Waals surface area contributed by atoms with Crippen LogP contribution in [0.15, 0.2) is 68.8 Å². The summed E-state index contributed by atoms with van der Waals surface area (Å²) in [7, 11) is 0. The SMILES string of the molecule is O=C(NC1CC1)c1cc(SCCCn2c(=O)oc3ccccc32)nc2ccccc12. The number of aromatic nitrogens is 2. The first-order valence-electron chi connectivity index (χ1n) is 10.1. The Morgan fingerprint density at radius 1 is 1.17 bits per heavy atom. The fourth-order valence-electron chi connectivity index (χ4n) is 3.53. The topological polar surface area (TPSA) is 77.1 Å². The average molecular weight is 420 g/mol. The number of hydrogen-bond acceptors (Lipinski definition) is 5. The molecular weight excluding hydrogens is 398 g/mol. The molecule has 4 aromatic rings. The zero-order valence-corrected chi connectivity index (χ0v) is 17.2. The Hall–Kier alpha value is -3.06. The van der Waals surface area contributed by atoms with E-state index in [-0.39, 0.29) is 11.7 Å². The summed E-state index contributed by atoms with van der Waals surface area (Å²) in [6, 6.07) is 17.4. The number of benzene rings is 2. The molecule has 0 saturated heterocycles. The summed E-state index contributed by atoms with van der Waals surface area (Å²) < 4.78 is 6.95. The van der Waals surface area contributed by atoms with Crippen molar-refractivity contribution in [3.05, 3.63) is 70.7 Å². The first kappa shape index (κ1) is 18.9. The molecule has 1 saturated carbocycles. The van der Waals surface area contributed by atoms with Gasteiger partial charge < -0.3 is 9.73 Å². The standard InChI is InChI=1S/C23H21N3O3S/c27-22(24-15-10-11-15)17-14-21(25-18-7-2-1-6-16(17)18)30-13-5-12-26-19-8-3-4-9-20(19)29-23(26)28/h1-4,6-9,14-15H,5,10-13H2,(H,24,27). The van der Waals surface area contributed by atoms with Crippen molar-refractivity contribution < 1.29 is 9.21 Å². The molecule has 7 heteroatoms. The molecule has 30 heavy (non-hydrogen) atoms. The Morgan fingerprint density at radius 2 is 1.97 bits per heavy atom. The Balaban J connectivity index is 1.31. The molecule has 1 aliphatic carbocycles. The smallest absolute Gasteiger partial charge is 0.408 e. The quantitative estimate of drug-likeness (QED) is 0.359. The van der Waals surface area contributed by atoms with Crippen LogP contribution in [-0.2, 0) is 6.54 Å². The van der Waals surface area contributed by atoms with Crippen molar-refractivity contribution in [2.24, 2.45) is 0 Å². The molecule has 5 rings (SSSR count). The lowest BCUT2D eigenvalue weighted by Gasteiger charge is -2.10. The maximum Gasteiger partial charge on any atom is 0.419 e. The van der Waals surface area contributed by atoms with E-state index < -0.39 is 0 Å². The van der Waals surface area contributed by atoms with Crippen molar-refractivity contribution in [1.82, 2.24) is 14.9 Å². The summed E-state index contributed by atoms with van der Waals surface area (Å²) in [6.45, 7) is 0.575. The Morgan fingerprint density at radius 3 is 2.83 bits per heavy atom. The van der Waals surface area contributed by atoms with Crippen LogP contribution in [0.5, 0.6) is 0 Å². The Labute approximate surface area is 177 Å². The van der Waals surface area contributed by atoms with Gasteiger partial charge in [-0.3, -0.25) is 9.36 Å². The zero-order valence-electron chi connectivity index (χ0n) is 16.3. The molecule has 0 unspecified atom stereocenters. The number of oxazole rings is 1. The zero-order chi connectivity index (χ0) is 20.5. The average Bonchev–Trinajstić information content (AvgIpc) is 3.51. The van der Waals surface area contributed by atoms with E-state index in [1.165, 1.54) is 0 Å². The Bertz CT molecular complexity index is 1290. The number of nitrogens with zero attached hydrogens (tertiary/aromatic N) is 2. The van der Waals surface area contributed by atoms with Crippen molar-refractivity contribution >= 4 is 39.7 Å². The number of aryl methyl sites for hydroxylation is 1. The van der Waals surface area contributed by atoms with Crippen molar-refractivity contribution in [3.8, 4) is 0 Å². The number of para-hydroxylation sites is 3. The number of hydrogen-bond donors (Lipinski definition) is 1. The van der Waals surface area contributed by atoms with Gasteiger partial charge in [-0.25, -0.2) is 9.78 Å². The van der Waals surface area contributed by atoms with Crippen LogP contribution in [0.4, 0.5) is 0 Å². The number of carbonyl (C=O) groups is 1. The third-order valence-electron chi connectivity index (χ3n) is 5.20. The molecule has 1 aliphatic rings. The van der Waals surface area contributed by atoms with Gasteiger partial charge >= 0.3 is 5.76 Å². The predicted molar refractivity (Wildman–Crippen MR) is 118 cm³/mol. The highest BCUT2D eigenvalue weighted by Crippen LogP contribution is 2.26. The third kappa shape index (κ3) is 3.85. The molecule has 2 aromatic carbocycles. The lowest BCUT2D eigenvalue weighted by molar-refractivity contribution is 0.0952. The van der Waals surface area contributed by atoms with E-state index in [0.29, 0.717) is 23.7 Å². The van der Waals surface area contributed by atoms with Crippen molar-refractivity contribution in [1.29, 1.82) is 0 Å². The first-order chi connectivity index (χ1) is 14.7. The summed E-state index contributed by atoms with van der Waals surface area (Å²) in [5.41, 5.74) is 2.92. The fraction of sp³-hybridized carbons (Fsp3) is 0.261. The van der Waals surface area contributed by atoms with E-state index in [1.807, 2.05) is 48.5 Å². The minimum atomic E-state index is -0.330. The lowest BCUT2D eigenvalue weighted by Crippen LogP contribution is -2.25. The van der Waals surface area contributed by atoms with Crippen LogP contribution in [0.2, 0.25) is 0 Å². The molecule has 2 heterocycles. The number of fused-ring (bicyclic) bond motifs is 2. The highest BCUT2D eigenvalue weighted by atomic mass is 32.2. The minimum Gasteiger partial charge on any atom is -0.408 e. The molecule has 0 aliphatic heterocycles. The molecule has 1 N–H and O–H groups in total. The van der Waals surface area contributed by atoms with Crippen LogP contribution in [0, 0.1) is 0 Å². The maximum absolute atomic E-state index is 12.7. The molecule has 6 nitrogen and oxygen atoms in total. The number of thioether (sulfide) groups is 1. The number of rotatable bonds is 7. The monoisotopic (exact) mass is 419 g/mol. The van der Waals surface area contributed by atoms with Gasteiger partial charge in [-0.05, 0) is 43.5 Å². The molecular formula is C23H21N3O3S. The largest absolute Gasteiger partial charge is 0.419 e. The van der Waals surface area contributed by atoms with Crippen LogP contribution in [0.25, 0.3) is 22.0 Å². The first-order valence-corrected chi connectivity index (χ1v) is 11.1. The number of nitrogens with one attached hydrogen (secondary N) is 1. The molecule has 1 amide bonds. The van der Waals surface area contributed by atoms with Gasteiger partial charge in [0.15, 0.2) is 5.58 Å². The fourth-order valence-corrected chi connectivity index (χ4v) is 4.38. The van der Waals surface area contributed by atoms with Crippen LogP contribution in [0.1, 0.15) is 29.6 Å². The summed E-state index contributed by atoms with van der Waals surface area (Å²) in [4.78, 5) is 29.5. The van der Waals surface area contributed by atoms with E-state index in [4.69, 9.17) is 9.40 Å². The maximum atomic E-state index is 12.7. The highest BCUT2D eigenvalue weighted by molar-refractivity contribution is 7.99. The summed E-state index contributed by atoms with van der Waals surface area (Å²) >= 11 is 1.60. The van der Waals surface area contributed by atoms with Gasteiger partial charge in [0.2, 0.25) is 0 Å². The highest BCUT2D eigenvalue weighted by Gasteiger charge is 2.25. The minimum absolute atomic E-state index is 0.0330. The molecule has 1 fully saturated rings. The van der Waals surface area contributed by atoms with E-state index >= 15 is 0 Å². The lowest BCUT2D eigenvalue weighted by atomic mass is 10.1. The Kier molecular flexibility index (Phi) is 5.04. The van der Waals surface area contributed by atoms with E-state index in [2.05, 4.69) is 5.32 Å². The van der Waals surface area contributed by atoms with Crippen LogP contribution < -0.4 is 11.1 Å². The predicted octanol–water partition coefficient (Wildman–Crippen LogP) is 4.22. The van der Waals surface area contributed by atoms with E-state index in [0.717, 1.165) is 46.5 Å². The second-order valence-electron chi connectivity index (χ2n) is 7.46. The van der Waals surface area contributed by atoms with E-state index in [1.54, 1.807) is 22.4 Å². The molecule has 0 spiro atoms. The summed E-state index contributed by atoms with van der Waals surface area (Å²) in [5, 5.41) is 4.76. The van der Waals surface area contributed by atoms with Crippen LogP contribution in [0.3, 0.4) is 0 Å². The summed E-state index contributed by atoms with van der Waals surface area (Å²) in [6.07, 6.45) is 2.89. The third-order valence-corrected chi connectivity index (χ3v) is 6.20. The van der Waals surface area contributed by atoms with Gasteiger partial charge in [-0.1, -0.05) is 30.3 Å². The molecule has 152 valence electrons. The van der Waals surface area contributed by atoms with Gasteiger partial charge in [-0.2, -0.15) is 0 Å². The number of amides is 1. The molecule has 0 atom stereocenters. The molecule has 0 radical (unpaired) electrons. The molecule has 2 aromatic heterocycles. The number of pyridine rings is 1. The second-order valence-corrected chi connectivity index (χ2v) is 8.58. The van der Waals surface area contributed by atoms with E-state index in [9.17, 15) is 9.59 Å². The van der Waals surface area contributed by atoms with Crippen molar-refractivity contribution in [3.63, 3.8) is 0 Å². The normalized spacial score (nSPS) is 13.7. The van der Waals surface area contributed by atoms with Gasteiger partial charge in [0.1, 0.15) is 0 Å². The van der Waals surface area contributed by atoms with Gasteiger partial charge in [0.05, 0.1) is 21.6 Å². The number of carbonyl (C=O) groups excluding carboxylic acids is 1. The van der Waals surface area contributed by atoms with Crippen molar-refractivity contribution in [2.75, 3.05) is 5.75 Å². The molecule has 0 bridgehead atoms. The van der Waals surface area contributed by atoms with Crippen LogP contribution in [-0.4, -0.2) is 27.3 Å². The summed E-state index contributed by atoms with van der Waals surface area (Å²) in [5.74, 6) is 0.416. The second kappa shape index (κ2) is 7.99. The van der Waals surface area contributed by atoms with Gasteiger partial charge in [0, 0.05) is 23.7 Å². The van der Waals surface area contributed by atoms with Gasteiger partial charge in [0.25, 0.3) is 5.91 Å². The van der Waals surface area contributed by atoms with Crippen molar-refractivity contribution in [2.45, 2.75) is 36.9 Å². The van der Waals surface area contributed by atoms with Gasteiger partial charge in [-0.15, -0.1) is 11.8 Å². The van der Waals surface area contributed by atoms with Crippen LogP contribution >= 0.6 is 11.8 Å².